The van der Waals surface area contributed by atoms with Gasteiger partial charge in [0.2, 0.25) is 0 Å². The number of hydrogen-bond donors (Lipinski definition) is 2. The van der Waals surface area contributed by atoms with Crippen LogP contribution in [0.5, 0.6) is 5.75 Å². The largest absolute Gasteiger partial charge is 0.478 e. The van der Waals surface area contributed by atoms with Gasteiger partial charge in [0.15, 0.2) is 12.4 Å². The second-order valence-corrected chi connectivity index (χ2v) is 4.52. The van der Waals surface area contributed by atoms with Gasteiger partial charge in [-0.05, 0) is 36.8 Å². The van der Waals surface area contributed by atoms with Gasteiger partial charge in [-0.15, -0.1) is 0 Å². The smallest absolute Gasteiger partial charge is 0.290 e. The molecule has 0 aliphatic heterocycles. The number of anilines is 1. The Morgan fingerprint density at radius 3 is 2.90 bits per heavy atom. The first-order chi connectivity index (χ1) is 9.58. The SMILES string of the molecule is Cc1c(Cl)cccc1NC(=O)COc1ccc[nH]c1=O. The Hall–Kier alpha value is -2.27. The lowest BCUT2D eigenvalue weighted by Crippen LogP contribution is -2.22. The van der Waals surface area contributed by atoms with Crippen LogP contribution < -0.4 is 15.6 Å². The molecule has 0 saturated carbocycles. The van der Waals surface area contributed by atoms with Crippen LogP contribution in [0.2, 0.25) is 5.02 Å². The highest BCUT2D eigenvalue weighted by atomic mass is 35.5. The van der Waals surface area contributed by atoms with Crippen molar-refractivity contribution in [3.05, 3.63) is 57.5 Å². The van der Waals surface area contributed by atoms with Crippen molar-refractivity contribution in [2.75, 3.05) is 11.9 Å². The van der Waals surface area contributed by atoms with E-state index in [1.807, 2.05) is 0 Å². The fourth-order valence-electron chi connectivity index (χ4n) is 1.59. The molecule has 0 saturated heterocycles. The van der Waals surface area contributed by atoms with Gasteiger partial charge in [-0.3, -0.25) is 9.59 Å². The summed E-state index contributed by atoms with van der Waals surface area (Å²) in [7, 11) is 0. The number of halogens is 1. The molecule has 0 spiro atoms. The minimum Gasteiger partial charge on any atom is -0.478 e. The highest BCUT2D eigenvalue weighted by Gasteiger charge is 2.08. The lowest BCUT2D eigenvalue weighted by atomic mass is 10.2. The van der Waals surface area contributed by atoms with Crippen LogP contribution in [0.3, 0.4) is 0 Å². The molecule has 2 rings (SSSR count). The van der Waals surface area contributed by atoms with Crippen molar-refractivity contribution in [2.24, 2.45) is 0 Å². The number of H-pyrrole nitrogens is 1. The third-order valence-electron chi connectivity index (χ3n) is 2.68. The molecule has 0 unspecified atom stereocenters. The second-order valence-electron chi connectivity index (χ2n) is 4.11. The van der Waals surface area contributed by atoms with Crippen LogP contribution in [0.1, 0.15) is 5.56 Å². The van der Waals surface area contributed by atoms with Gasteiger partial charge in [-0.25, -0.2) is 0 Å². The van der Waals surface area contributed by atoms with Crippen molar-refractivity contribution in [3.63, 3.8) is 0 Å². The maximum atomic E-state index is 11.8. The zero-order chi connectivity index (χ0) is 14.5. The van der Waals surface area contributed by atoms with E-state index >= 15 is 0 Å². The van der Waals surface area contributed by atoms with E-state index in [2.05, 4.69) is 10.3 Å². The van der Waals surface area contributed by atoms with Gasteiger partial charge >= 0.3 is 0 Å². The molecule has 0 bridgehead atoms. The number of nitrogens with one attached hydrogen (secondary N) is 2. The van der Waals surface area contributed by atoms with Gasteiger partial charge in [0.05, 0.1) is 0 Å². The second kappa shape index (κ2) is 6.25. The Labute approximate surface area is 120 Å². The standard InChI is InChI=1S/C14H13ClN2O3/c1-9-10(15)4-2-5-11(9)17-13(18)8-20-12-6-3-7-16-14(12)19/h2-7H,8H2,1H3,(H,16,19)(H,17,18). The van der Waals surface area contributed by atoms with Crippen LogP contribution in [0.4, 0.5) is 5.69 Å². The van der Waals surface area contributed by atoms with Gasteiger partial charge in [-0.1, -0.05) is 17.7 Å². The first kappa shape index (κ1) is 14.1. The topological polar surface area (TPSA) is 71.2 Å². The highest BCUT2D eigenvalue weighted by Crippen LogP contribution is 2.22. The number of amides is 1. The Kier molecular flexibility index (Phi) is 4.42. The molecule has 1 aromatic carbocycles. The Morgan fingerprint density at radius 1 is 1.35 bits per heavy atom. The molecule has 20 heavy (non-hydrogen) atoms. The van der Waals surface area contributed by atoms with Crippen molar-refractivity contribution in [1.82, 2.24) is 4.98 Å². The third-order valence-corrected chi connectivity index (χ3v) is 3.09. The Balaban J connectivity index is 1.98. The van der Waals surface area contributed by atoms with Crippen LogP contribution in [-0.4, -0.2) is 17.5 Å². The summed E-state index contributed by atoms with van der Waals surface area (Å²) in [6.45, 7) is 1.56. The molecule has 1 aromatic heterocycles. The number of benzene rings is 1. The van der Waals surface area contributed by atoms with Crippen molar-refractivity contribution < 1.29 is 9.53 Å². The summed E-state index contributed by atoms with van der Waals surface area (Å²) in [6.07, 6.45) is 1.49. The number of pyridine rings is 1. The molecule has 5 nitrogen and oxygen atoms in total. The number of aromatic amines is 1. The summed E-state index contributed by atoms with van der Waals surface area (Å²) in [5.74, 6) is -0.260. The van der Waals surface area contributed by atoms with E-state index in [4.69, 9.17) is 16.3 Å². The lowest BCUT2D eigenvalue weighted by molar-refractivity contribution is -0.118. The maximum absolute atomic E-state index is 11.8. The zero-order valence-corrected chi connectivity index (χ0v) is 11.5. The predicted octanol–water partition coefficient (Wildman–Crippen LogP) is 2.35. The van der Waals surface area contributed by atoms with Crippen LogP contribution in [0, 0.1) is 6.92 Å². The molecule has 0 fully saturated rings. The Bertz CT molecular complexity index is 682. The third kappa shape index (κ3) is 3.39. The molecule has 0 atom stereocenters. The first-order valence-electron chi connectivity index (χ1n) is 5.93. The molecule has 6 heteroatoms. The van der Waals surface area contributed by atoms with Gasteiger partial charge in [0.1, 0.15) is 0 Å². The summed E-state index contributed by atoms with van der Waals surface area (Å²) < 4.78 is 5.15. The number of ether oxygens (including phenoxy) is 1. The van der Waals surface area contributed by atoms with E-state index in [-0.39, 0.29) is 23.8 Å². The number of hydrogen-bond acceptors (Lipinski definition) is 3. The summed E-state index contributed by atoms with van der Waals surface area (Å²) >= 11 is 5.96. The van der Waals surface area contributed by atoms with Gasteiger partial charge in [0.25, 0.3) is 11.5 Å². The molecule has 1 amide bonds. The normalized spacial score (nSPS) is 10.1. The zero-order valence-electron chi connectivity index (χ0n) is 10.8. The fraction of sp³-hybridized carbons (Fsp3) is 0.143. The quantitative estimate of drug-likeness (QED) is 0.908. The van der Waals surface area contributed by atoms with E-state index in [1.54, 1.807) is 31.2 Å². The Morgan fingerprint density at radius 2 is 2.15 bits per heavy atom. The first-order valence-corrected chi connectivity index (χ1v) is 6.31. The number of rotatable bonds is 4. The van der Waals surface area contributed by atoms with Gasteiger partial charge in [0, 0.05) is 16.9 Å². The van der Waals surface area contributed by atoms with E-state index in [1.165, 1.54) is 12.3 Å². The van der Waals surface area contributed by atoms with Crippen molar-refractivity contribution in [1.29, 1.82) is 0 Å². The summed E-state index contributed by atoms with van der Waals surface area (Å²) in [5, 5.41) is 3.25. The van der Waals surface area contributed by atoms with Crippen LogP contribution in [0.25, 0.3) is 0 Å². The lowest BCUT2D eigenvalue weighted by Gasteiger charge is -2.10. The van der Waals surface area contributed by atoms with E-state index in [0.29, 0.717) is 10.7 Å². The summed E-state index contributed by atoms with van der Waals surface area (Å²) in [6, 6.07) is 8.35. The molecule has 2 aromatic rings. The van der Waals surface area contributed by atoms with Gasteiger partial charge < -0.3 is 15.0 Å². The molecule has 1 heterocycles. The summed E-state index contributed by atoms with van der Waals surface area (Å²) in [5.41, 5.74) is 1.02. The van der Waals surface area contributed by atoms with E-state index in [9.17, 15) is 9.59 Å². The fourth-order valence-corrected chi connectivity index (χ4v) is 1.77. The van der Waals surface area contributed by atoms with Crippen LogP contribution in [0.15, 0.2) is 41.3 Å². The number of carbonyl (C=O) groups is 1. The van der Waals surface area contributed by atoms with Crippen LogP contribution >= 0.6 is 11.6 Å². The van der Waals surface area contributed by atoms with E-state index in [0.717, 1.165) is 5.56 Å². The number of carbonyl (C=O) groups excluding carboxylic acids is 1. The molecule has 0 radical (unpaired) electrons. The predicted molar refractivity (Wildman–Crippen MR) is 77.4 cm³/mol. The monoisotopic (exact) mass is 292 g/mol. The molecule has 0 aliphatic rings. The molecular weight excluding hydrogens is 280 g/mol. The minimum absolute atomic E-state index is 0.102. The van der Waals surface area contributed by atoms with E-state index < -0.39 is 0 Å². The average molecular weight is 293 g/mol. The number of aromatic nitrogens is 1. The highest BCUT2D eigenvalue weighted by molar-refractivity contribution is 6.31. The molecule has 104 valence electrons. The molecular formula is C14H13ClN2O3. The maximum Gasteiger partial charge on any atom is 0.290 e. The van der Waals surface area contributed by atoms with Crippen molar-refractivity contribution >= 4 is 23.2 Å². The summed E-state index contributed by atoms with van der Waals surface area (Å²) in [4.78, 5) is 25.6. The molecule has 2 N–H and O–H groups in total. The van der Waals surface area contributed by atoms with Gasteiger partial charge in [-0.2, -0.15) is 0 Å². The minimum atomic E-state index is -0.376. The van der Waals surface area contributed by atoms with Crippen LogP contribution in [-0.2, 0) is 4.79 Å². The molecule has 0 aliphatic carbocycles. The average Bonchev–Trinajstić information content (AvgIpc) is 2.43. The van der Waals surface area contributed by atoms with Crippen molar-refractivity contribution in [3.8, 4) is 5.75 Å². The van der Waals surface area contributed by atoms with Crippen molar-refractivity contribution in [2.45, 2.75) is 6.92 Å².